The summed E-state index contributed by atoms with van der Waals surface area (Å²) < 4.78 is 0. The molecule has 0 aromatic carbocycles. The number of ketones is 1. The highest BCUT2D eigenvalue weighted by molar-refractivity contribution is 7.99. The molecule has 0 saturated carbocycles. The third-order valence-corrected chi connectivity index (χ3v) is 6.01. The molecule has 2 heterocycles. The van der Waals surface area contributed by atoms with Crippen molar-refractivity contribution in [1.29, 1.82) is 0 Å². The van der Waals surface area contributed by atoms with Crippen molar-refractivity contribution >= 4 is 39.6 Å². The van der Waals surface area contributed by atoms with Gasteiger partial charge in [-0.25, -0.2) is 0 Å². The maximum absolute atomic E-state index is 12.3. The van der Waals surface area contributed by atoms with Crippen LogP contribution in [-0.2, 0) is 0 Å². The number of thioether (sulfide) groups is 1. The number of nitrogens with zero attached hydrogens (tertiary/aromatic N) is 1. The van der Waals surface area contributed by atoms with E-state index in [1.165, 1.54) is 17.8 Å². The van der Waals surface area contributed by atoms with Crippen molar-refractivity contribution in [3.8, 4) is 0 Å². The Labute approximate surface area is 129 Å². The maximum atomic E-state index is 12.3. The lowest BCUT2D eigenvalue weighted by molar-refractivity contribution is 0.0944. The predicted octanol–water partition coefficient (Wildman–Crippen LogP) is 4.13. The Hall–Kier alpha value is -0.680. The Morgan fingerprint density at radius 1 is 1.50 bits per heavy atom. The summed E-state index contributed by atoms with van der Waals surface area (Å²) in [4.78, 5) is 16.5. The van der Waals surface area contributed by atoms with Gasteiger partial charge in [0.1, 0.15) is 5.00 Å². The fourth-order valence-corrected chi connectivity index (χ4v) is 4.95. The van der Waals surface area contributed by atoms with Gasteiger partial charge in [-0.1, -0.05) is 20.8 Å². The van der Waals surface area contributed by atoms with Gasteiger partial charge in [0, 0.05) is 19.0 Å². The van der Waals surface area contributed by atoms with Crippen molar-refractivity contribution in [1.82, 2.24) is 0 Å². The first-order valence-electron chi connectivity index (χ1n) is 7.21. The summed E-state index contributed by atoms with van der Waals surface area (Å²) in [6.45, 7) is 8.31. The van der Waals surface area contributed by atoms with Crippen molar-refractivity contribution in [2.45, 2.75) is 38.5 Å². The Balaban J connectivity index is 2.37. The first kappa shape index (κ1) is 15.7. The van der Waals surface area contributed by atoms with Crippen LogP contribution in [0, 0.1) is 11.8 Å². The lowest BCUT2D eigenvalue weighted by Crippen LogP contribution is -2.33. The molecule has 0 radical (unpaired) electrons. The number of nitrogen functional groups attached to an aromatic ring is 1. The molecule has 1 aromatic rings. The average Bonchev–Trinajstić information content (AvgIpc) is 2.74. The van der Waals surface area contributed by atoms with E-state index in [0.717, 1.165) is 22.9 Å². The second-order valence-corrected chi connectivity index (χ2v) is 7.71. The number of carbonyl (C=O) groups excluding carboxylic acids is 1. The second kappa shape index (κ2) is 6.39. The highest BCUT2D eigenvalue weighted by Crippen LogP contribution is 2.45. The molecule has 2 N–H and O–H groups in total. The third kappa shape index (κ3) is 2.98. The minimum Gasteiger partial charge on any atom is -0.396 e. The molecule has 0 spiro atoms. The largest absolute Gasteiger partial charge is 0.396 e. The summed E-state index contributed by atoms with van der Waals surface area (Å²) in [5, 5.41) is 1.20. The van der Waals surface area contributed by atoms with E-state index in [1.54, 1.807) is 23.1 Å². The van der Waals surface area contributed by atoms with E-state index in [1.807, 2.05) is 20.1 Å². The summed E-state index contributed by atoms with van der Waals surface area (Å²) in [5.74, 6) is 0.879. The number of hydrogen-bond donors (Lipinski definition) is 1. The van der Waals surface area contributed by atoms with E-state index in [0.29, 0.717) is 11.6 Å². The van der Waals surface area contributed by atoms with E-state index in [4.69, 9.17) is 5.73 Å². The summed E-state index contributed by atoms with van der Waals surface area (Å²) >= 11 is 3.24. The number of hydrogen-bond acceptors (Lipinski definition) is 5. The SMILES string of the molecule is CSc1c(N2CCCC(C)C2)sc(C(=O)C(C)C)c1N. The molecule has 112 valence electrons. The molecule has 0 bridgehead atoms. The van der Waals surface area contributed by atoms with Crippen molar-refractivity contribution in [3.63, 3.8) is 0 Å². The number of rotatable bonds is 4. The van der Waals surface area contributed by atoms with Crippen LogP contribution in [0.5, 0.6) is 0 Å². The normalized spacial score (nSPS) is 19.6. The van der Waals surface area contributed by atoms with Crippen LogP contribution >= 0.6 is 23.1 Å². The fourth-order valence-electron chi connectivity index (χ4n) is 2.64. The van der Waals surface area contributed by atoms with Crippen LogP contribution in [0.2, 0.25) is 0 Å². The van der Waals surface area contributed by atoms with Gasteiger partial charge in [0.05, 0.1) is 15.5 Å². The molecule has 2 rings (SSSR count). The summed E-state index contributed by atoms with van der Waals surface area (Å²) in [7, 11) is 0. The van der Waals surface area contributed by atoms with Gasteiger partial charge < -0.3 is 10.6 Å². The first-order chi connectivity index (χ1) is 9.45. The van der Waals surface area contributed by atoms with Crippen LogP contribution in [-0.4, -0.2) is 25.1 Å². The molecule has 1 aliphatic heterocycles. The summed E-state index contributed by atoms with van der Waals surface area (Å²) in [6, 6.07) is 0. The molecular weight excluding hydrogens is 288 g/mol. The zero-order chi connectivity index (χ0) is 14.9. The predicted molar refractivity (Wildman–Crippen MR) is 90.3 cm³/mol. The highest BCUT2D eigenvalue weighted by Gasteiger charge is 2.27. The van der Waals surface area contributed by atoms with Gasteiger partial charge in [-0.2, -0.15) is 0 Å². The van der Waals surface area contributed by atoms with Gasteiger partial charge in [-0.15, -0.1) is 23.1 Å². The molecule has 1 aliphatic rings. The molecule has 1 aromatic heterocycles. The molecule has 5 heteroatoms. The fraction of sp³-hybridized carbons (Fsp3) is 0.667. The van der Waals surface area contributed by atoms with Gasteiger partial charge in [0.15, 0.2) is 5.78 Å². The number of piperidine rings is 1. The van der Waals surface area contributed by atoms with Crippen LogP contribution in [0.15, 0.2) is 4.90 Å². The molecule has 1 saturated heterocycles. The lowest BCUT2D eigenvalue weighted by atomic mass is 10.0. The van der Waals surface area contributed by atoms with Crippen molar-refractivity contribution in [2.24, 2.45) is 11.8 Å². The number of Topliss-reactive ketones (excluding diaryl/α,β-unsaturated/α-hetero) is 1. The van der Waals surface area contributed by atoms with Crippen molar-refractivity contribution in [2.75, 3.05) is 30.0 Å². The van der Waals surface area contributed by atoms with Crippen LogP contribution in [0.25, 0.3) is 0 Å². The standard InChI is InChI=1S/C15H24N2OS2/c1-9(2)12(18)13-11(16)14(19-4)15(20-13)17-7-5-6-10(3)8-17/h9-10H,5-8,16H2,1-4H3. The number of anilines is 2. The van der Waals surface area contributed by atoms with E-state index in [9.17, 15) is 4.79 Å². The molecule has 1 unspecified atom stereocenters. The molecule has 1 atom stereocenters. The Morgan fingerprint density at radius 2 is 2.20 bits per heavy atom. The quantitative estimate of drug-likeness (QED) is 0.671. The van der Waals surface area contributed by atoms with Gasteiger partial charge in [0.25, 0.3) is 0 Å². The molecule has 20 heavy (non-hydrogen) atoms. The number of carbonyl (C=O) groups is 1. The first-order valence-corrected chi connectivity index (χ1v) is 9.25. The molecule has 3 nitrogen and oxygen atoms in total. The van der Waals surface area contributed by atoms with E-state index >= 15 is 0 Å². The minimum absolute atomic E-state index is 0.00112. The third-order valence-electron chi connectivity index (χ3n) is 3.78. The van der Waals surface area contributed by atoms with Gasteiger partial charge in [-0.3, -0.25) is 4.79 Å². The van der Waals surface area contributed by atoms with Gasteiger partial charge in [0.2, 0.25) is 0 Å². The highest BCUT2D eigenvalue weighted by atomic mass is 32.2. The smallest absolute Gasteiger partial charge is 0.177 e. The van der Waals surface area contributed by atoms with Gasteiger partial charge in [-0.05, 0) is 25.0 Å². The Bertz CT molecular complexity index is 496. The second-order valence-electron chi connectivity index (χ2n) is 5.90. The number of nitrogens with two attached hydrogens (primary N) is 1. The Kier molecular flexibility index (Phi) is 5.02. The molecular formula is C15H24N2OS2. The maximum Gasteiger partial charge on any atom is 0.177 e. The summed E-state index contributed by atoms with van der Waals surface area (Å²) in [5.41, 5.74) is 6.93. The minimum atomic E-state index is -0.00112. The van der Waals surface area contributed by atoms with Crippen LogP contribution in [0.4, 0.5) is 10.7 Å². The Morgan fingerprint density at radius 3 is 2.75 bits per heavy atom. The topological polar surface area (TPSA) is 46.3 Å². The molecule has 0 aliphatic carbocycles. The monoisotopic (exact) mass is 312 g/mol. The number of thiophene rings is 1. The lowest BCUT2D eigenvalue weighted by Gasteiger charge is -2.32. The van der Waals surface area contributed by atoms with Crippen molar-refractivity contribution < 1.29 is 4.79 Å². The average molecular weight is 313 g/mol. The van der Waals surface area contributed by atoms with Crippen LogP contribution < -0.4 is 10.6 Å². The van der Waals surface area contributed by atoms with Gasteiger partial charge >= 0.3 is 0 Å². The van der Waals surface area contributed by atoms with E-state index < -0.39 is 0 Å². The zero-order valence-corrected chi connectivity index (χ0v) is 14.4. The summed E-state index contributed by atoms with van der Waals surface area (Å²) in [6.07, 6.45) is 4.56. The zero-order valence-electron chi connectivity index (χ0n) is 12.7. The van der Waals surface area contributed by atoms with Crippen LogP contribution in [0.3, 0.4) is 0 Å². The van der Waals surface area contributed by atoms with E-state index in [-0.39, 0.29) is 11.7 Å². The molecule has 1 fully saturated rings. The van der Waals surface area contributed by atoms with E-state index in [2.05, 4.69) is 11.8 Å². The van der Waals surface area contributed by atoms with Crippen molar-refractivity contribution in [3.05, 3.63) is 4.88 Å². The molecule has 0 amide bonds. The van der Waals surface area contributed by atoms with Crippen LogP contribution in [0.1, 0.15) is 43.3 Å².